The van der Waals surface area contributed by atoms with Crippen molar-refractivity contribution in [3.8, 4) is 0 Å². The molecule has 2 rings (SSSR count). The Morgan fingerprint density at radius 3 is 2.74 bits per heavy atom. The fourth-order valence-electron chi connectivity index (χ4n) is 2.19. The van der Waals surface area contributed by atoms with Gasteiger partial charge in [-0.3, -0.25) is 16.3 Å². The van der Waals surface area contributed by atoms with E-state index in [2.05, 4.69) is 26.9 Å². The van der Waals surface area contributed by atoms with Gasteiger partial charge in [-0.25, -0.2) is 4.98 Å². The van der Waals surface area contributed by atoms with Crippen LogP contribution >= 0.6 is 0 Å². The highest BCUT2D eigenvalue weighted by molar-refractivity contribution is 5.12. The highest BCUT2D eigenvalue weighted by atomic mass is 15.2. The number of pyridine rings is 1. The predicted molar refractivity (Wildman–Crippen MR) is 75.3 cm³/mol. The Labute approximate surface area is 113 Å². The van der Waals surface area contributed by atoms with E-state index in [-0.39, 0.29) is 6.04 Å². The Kier molecular flexibility index (Phi) is 5.06. The number of aryl methyl sites for hydroxylation is 1. The molecule has 5 heteroatoms. The Balaban J connectivity index is 2.00. The van der Waals surface area contributed by atoms with Crippen molar-refractivity contribution in [2.75, 3.05) is 0 Å². The van der Waals surface area contributed by atoms with Crippen LogP contribution in [0.4, 0.5) is 0 Å². The van der Waals surface area contributed by atoms with Gasteiger partial charge in [-0.2, -0.15) is 0 Å². The molecule has 2 heterocycles. The SMILES string of the molecule is CCCn1ccnc1CC(Cc1ccncc1)NN. The van der Waals surface area contributed by atoms with Crippen LogP contribution in [0.25, 0.3) is 0 Å². The molecule has 0 aliphatic rings. The molecule has 5 nitrogen and oxygen atoms in total. The lowest BCUT2D eigenvalue weighted by atomic mass is 10.0. The average molecular weight is 259 g/mol. The first-order chi connectivity index (χ1) is 9.33. The molecule has 1 unspecified atom stereocenters. The minimum atomic E-state index is 0.181. The number of nitrogens with two attached hydrogens (primary N) is 1. The third-order valence-electron chi connectivity index (χ3n) is 3.16. The third-order valence-corrected chi connectivity index (χ3v) is 3.16. The average Bonchev–Trinajstić information content (AvgIpc) is 2.87. The number of imidazole rings is 1. The summed E-state index contributed by atoms with van der Waals surface area (Å²) in [6.45, 7) is 3.17. The zero-order chi connectivity index (χ0) is 13.5. The van der Waals surface area contributed by atoms with Gasteiger partial charge in [-0.15, -0.1) is 0 Å². The van der Waals surface area contributed by atoms with Gasteiger partial charge in [-0.1, -0.05) is 6.92 Å². The van der Waals surface area contributed by atoms with E-state index in [9.17, 15) is 0 Å². The monoisotopic (exact) mass is 259 g/mol. The maximum absolute atomic E-state index is 5.66. The maximum Gasteiger partial charge on any atom is 0.110 e. The molecule has 0 fully saturated rings. The van der Waals surface area contributed by atoms with Crippen LogP contribution < -0.4 is 11.3 Å². The van der Waals surface area contributed by atoms with Crippen LogP contribution in [0.1, 0.15) is 24.7 Å². The first-order valence-corrected chi connectivity index (χ1v) is 6.68. The van der Waals surface area contributed by atoms with Crippen LogP contribution in [0.2, 0.25) is 0 Å². The molecule has 0 aromatic carbocycles. The summed E-state index contributed by atoms with van der Waals surface area (Å²) in [5, 5.41) is 0. The summed E-state index contributed by atoms with van der Waals surface area (Å²) in [7, 11) is 0. The third kappa shape index (κ3) is 3.87. The summed E-state index contributed by atoms with van der Waals surface area (Å²) in [6, 6.07) is 4.21. The fraction of sp³-hybridized carbons (Fsp3) is 0.429. The number of hydrazine groups is 1. The molecule has 2 aromatic rings. The first kappa shape index (κ1) is 13.7. The lowest BCUT2D eigenvalue weighted by Gasteiger charge is -2.16. The number of rotatable bonds is 7. The molecule has 0 aliphatic carbocycles. The van der Waals surface area contributed by atoms with E-state index in [4.69, 9.17) is 5.84 Å². The number of hydrogen-bond donors (Lipinski definition) is 2. The van der Waals surface area contributed by atoms with Gasteiger partial charge < -0.3 is 4.57 Å². The van der Waals surface area contributed by atoms with Gasteiger partial charge in [0.05, 0.1) is 0 Å². The van der Waals surface area contributed by atoms with Gasteiger partial charge >= 0.3 is 0 Å². The topological polar surface area (TPSA) is 68.8 Å². The van der Waals surface area contributed by atoms with Crippen LogP contribution in [-0.2, 0) is 19.4 Å². The molecule has 0 saturated heterocycles. The quantitative estimate of drug-likeness (QED) is 0.581. The van der Waals surface area contributed by atoms with Gasteiger partial charge in [0.15, 0.2) is 0 Å². The van der Waals surface area contributed by atoms with Crippen LogP contribution in [0, 0.1) is 0 Å². The summed E-state index contributed by atoms with van der Waals surface area (Å²) in [5.41, 5.74) is 4.11. The van der Waals surface area contributed by atoms with E-state index >= 15 is 0 Å². The van der Waals surface area contributed by atoms with E-state index in [1.54, 1.807) is 12.4 Å². The molecule has 102 valence electrons. The van der Waals surface area contributed by atoms with Crippen molar-refractivity contribution >= 4 is 0 Å². The van der Waals surface area contributed by atoms with Crippen molar-refractivity contribution in [3.63, 3.8) is 0 Å². The highest BCUT2D eigenvalue weighted by Gasteiger charge is 2.12. The van der Waals surface area contributed by atoms with Gasteiger partial charge in [-0.05, 0) is 30.5 Å². The van der Waals surface area contributed by atoms with Crippen molar-refractivity contribution in [2.45, 2.75) is 38.8 Å². The second-order valence-corrected chi connectivity index (χ2v) is 4.66. The molecule has 0 bridgehead atoms. The molecule has 3 N–H and O–H groups in total. The minimum Gasteiger partial charge on any atom is -0.335 e. The summed E-state index contributed by atoms with van der Waals surface area (Å²) >= 11 is 0. The molecule has 19 heavy (non-hydrogen) atoms. The number of nitrogens with zero attached hydrogens (tertiary/aromatic N) is 3. The predicted octanol–water partition coefficient (Wildman–Crippen LogP) is 1.31. The molecular formula is C14H21N5. The number of nitrogens with one attached hydrogen (secondary N) is 1. The largest absolute Gasteiger partial charge is 0.335 e. The first-order valence-electron chi connectivity index (χ1n) is 6.68. The van der Waals surface area contributed by atoms with Gasteiger partial charge in [0, 0.05) is 43.8 Å². The smallest absolute Gasteiger partial charge is 0.110 e. The van der Waals surface area contributed by atoms with E-state index in [0.29, 0.717) is 0 Å². The van der Waals surface area contributed by atoms with Crippen LogP contribution in [0.15, 0.2) is 36.9 Å². The van der Waals surface area contributed by atoms with Gasteiger partial charge in [0.25, 0.3) is 0 Å². The number of aromatic nitrogens is 3. The van der Waals surface area contributed by atoms with Crippen molar-refractivity contribution in [1.82, 2.24) is 20.0 Å². The lowest BCUT2D eigenvalue weighted by Crippen LogP contribution is -2.39. The Morgan fingerprint density at radius 1 is 1.26 bits per heavy atom. The molecule has 1 atom stereocenters. The van der Waals surface area contributed by atoms with Crippen LogP contribution in [0.3, 0.4) is 0 Å². The molecule has 0 aliphatic heterocycles. The van der Waals surface area contributed by atoms with E-state index < -0.39 is 0 Å². The summed E-state index contributed by atoms with van der Waals surface area (Å²) in [4.78, 5) is 8.44. The van der Waals surface area contributed by atoms with E-state index in [1.807, 2.05) is 24.5 Å². The fourth-order valence-corrected chi connectivity index (χ4v) is 2.19. The van der Waals surface area contributed by atoms with Crippen LogP contribution in [0.5, 0.6) is 0 Å². The Hall–Kier alpha value is -1.72. The van der Waals surface area contributed by atoms with Crippen molar-refractivity contribution in [3.05, 3.63) is 48.3 Å². The van der Waals surface area contributed by atoms with Gasteiger partial charge in [0.1, 0.15) is 5.82 Å². The summed E-state index contributed by atoms with van der Waals surface area (Å²) < 4.78 is 2.19. The number of hydrogen-bond acceptors (Lipinski definition) is 4. The molecular weight excluding hydrogens is 238 g/mol. The second kappa shape index (κ2) is 7.01. The standard InChI is InChI=1S/C14H21N5/c1-2-8-19-9-7-17-14(19)11-13(18-15)10-12-3-5-16-6-4-12/h3-7,9,13,18H,2,8,10-11,15H2,1H3. The van der Waals surface area contributed by atoms with Crippen molar-refractivity contribution in [2.24, 2.45) is 5.84 Å². The molecule has 0 amide bonds. The summed E-state index contributed by atoms with van der Waals surface area (Å²) in [6.07, 6.45) is 10.3. The maximum atomic E-state index is 5.66. The molecule has 0 spiro atoms. The Morgan fingerprint density at radius 2 is 2.05 bits per heavy atom. The minimum absolute atomic E-state index is 0.181. The van der Waals surface area contributed by atoms with E-state index in [0.717, 1.165) is 31.6 Å². The normalized spacial score (nSPS) is 12.5. The van der Waals surface area contributed by atoms with Crippen molar-refractivity contribution in [1.29, 1.82) is 0 Å². The summed E-state index contributed by atoms with van der Waals surface area (Å²) in [5.74, 6) is 6.74. The highest BCUT2D eigenvalue weighted by Crippen LogP contribution is 2.08. The van der Waals surface area contributed by atoms with Crippen LogP contribution in [-0.4, -0.2) is 20.6 Å². The zero-order valence-electron chi connectivity index (χ0n) is 11.3. The van der Waals surface area contributed by atoms with E-state index in [1.165, 1.54) is 5.56 Å². The molecule has 0 saturated carbocycles. The Bertz CT molecular complexity index is 480. The van der Waals surface area contributed by atoms with Crippen molar-refractivity contribution < 1.29 is 0 Å². The zero-order valence-corrected chi connectivity index (χ0v) is 11.3. The lowest BCUT2D eigenvalue weighted by molar-refractivity contribution is 0.495. The molecule has 0 radical (unpaired) electrons. The van der Waals surface area contributed by atoms with Gasteiger partial charge in [0.2, 0.25) is 0 Å². The second-order valence-electron chi connectivity index (χ2n) is 4.66. The molecule has 2 aromatic heterocycles.